The SMILES string of the molecule is CCCCCc1ccc(-c2ccc(C(=O)Oc3cccc4cccnc34)cc2)cc1. The summed E-state index contributed by atoms with van der Waals surface area (Å²) in [6, 6.07) is 25.6. The van der Waals surface area contributed by atoms with Gasteiger partial charge in [-0.3, -0.25) is 4.98 Å². The number of aromatic nitrogens is 1. The third kappa shape index (κ3) is 4.57. The highest BCUT2D eigenvalue weighted by Gasteiger charge is 2.12. The molecule has 0 radical (unpaired) electrons. The molecule has 0 aliphatic carbocycles. The van der Waals surface area contributed by atoms with E-state index >= 15 is 0 Å². The Morgan fingerprint density at radius 3 is 2.27 bits per heavy atom. The molecule has 0 amide bonds. The van der Waals surface area contributed by atoms with Crippen LogP contribution in [0, 0.1) is 0 Å². The Labute approximate surface area is 177 Å². The van der Waals surface area contributed by atoms with E-state index in [4.69, 9.17) is 4.74 Å². The van der Waals surface area contributed by atoms with Crippen molar-refractivity contribution in [3.05, 3.63) is 96.2 Å². The third-order valence-corrected chi connectivity index (χ3v) is 5.28. The summed E-state index contributed by atoms with van der Waals surface area (Å²) in [5.41, 5.74) is 4.80. The normalized spacial score (nSPS) is 10.8. The molecule has 150 valence electrons. The van der Waals surface area contributed by atoms with Crippen LogP contribution in [-0.2, 0) is 6.42 Å². The molecular weight excluding hydrogens is 370 g/mol. The molecule has 0 unspecified atom stereocenters. The first-order valence-electron chi connectivity index (χ1n) is 10.5. The standard InChI is InChI=1S/C27H25NO2/c1-2-3-4-7-20-11-13-21(14-12-20)22-15-17-24(18-16-22)27(29)30-25-10-5-8-23-9-6-19-28-26(23)25/h5-6,8-19H,2-4,7H2,1H3. The zero-order valence-corrected chi connectivity index (χ0v) is 17.2. The first-order valence-corrected chi connectivity index (χ1v) is 10.5. The molecule has 0 aliphatic heterocycles. The minimum Gasteiger partial charge on any atom is -0.421 e. The maximum atomic E-state index is 12.6. The lowest BCUT2D eigenvalue weighted by molar-refractivity contribution is 0.0737. The minimum absolute atomic E-state index is 0.383. The van der Waals surface area contributed by atoms with Gasteiger partial charge in [-0.15, -0.1) is 0 Å². The Morgan fingerprint density at radius 2 is 1.53 bits per heavy atom. The van der Waals surface area contributed by atoms with Crippen molar-refractivity contribution in [3.8, 4) is 16.9 Å². The quantitative estimate of drug-likeness (QED) is 0.195. The monoisotopic (exact) mass is 395 g/mol. The number of esters is 1. The molecule has 0 saturated carbocycles. The number of rotatable bonds is 7. The van der Waals surface area contributed by atoms with Crippen molar-refractivity contribution < 1.29 is 9.53 Å². The Morgan fingerprint density at radius 1 is 0.833 bits per heavy atom. The van der Waals surface area contributed by atoms with Crippen molar-refractivity contribution in [2.24, 2.45) is 0 Å². The lowest BCUT2D eigenvalue weighted by Crippen LogP contribution is -2.08. The summed E-state index contributed by atoms with van der Waals surface area (Å²) in [5, 5.41) is 0.941. The highest BCUT2D eigenvalue weighted by atomic mass is 16.5. The minimum atomic E-state index is -0.383. The van der Waals surface area contributed by atoms with Crippen molar-refractivity contribution in [1.82, 2.24) is 4.98 Å². The number of fused-ring (bicyclic) bond motifs is 1. The summed E-state index contributed by atoms with van der Waals surface area (Å²) in [7, 11) is 0. The maximum Gasteiger partial charge on any atom is 0.343 e. The van der Waals surface area contributed by atoms with Gasteiger partial charge in [-0.1, -0.05) is 74.4 Å². The molecule has 3 aromatic carbocycles. The van der Waals surface area contributed by atoms with Gasteiger partial charge in [0.25, 0.3) is 0 Å². The Kier molecular flexibility index (Phi) is 6.19. The fraction of sp³-hybridized carbons (Fsp3) is 0.185. The molecule has 1 heterocycles. The summed E-state index contributed by atoms with van der Waals surface area (Å²) < 4.78 is 5.62. The van der Waals surface area contributed by atoms with E-state index in [2.05, 4.69) is 36.2 Å². The van der Waals surface area contributed by atoms with Crippen molar-refractivity contribution in [2.45, 2.75) is 32.6 Å². The maximum absolute atomic E-state index is 12.6. The molecule has 0 N–H and O–H groups in total. The first kappa shape index (κ1) is 19.8. The van der Waals surface area contributed by atoms with Crippen LogP contribution < -0.4 is 4.74 Å². The molecule has 3 heteroatoms. The van der Waals surface area contributed by atoms with Crippen LogP contribution in [0.4, 0.5) is 0 Å². The topological polar surface area (TPSA) is 39.2 Å². The number of unbranched alkanes of at least 4 members (excludes halogenated alkanes) is 2. The number of carbonyl (C=O) groups excluding carboxylic acids is 1. The number of hydrogen-bond acceptors (Lipinski definition) is 3. The summed E-state index contributed by atoms with van der Waals surface area (Å²) in [4.78, 5) is 17.0. The van der Waals surface area contributed by atoms with E-state index in [0.717, 1.165) is 22.9 Å². The van der Waals surface area contributed by atoms with Gasteiger partial charge in [-0.2, -0.15) is 0 Å². The van der Waals surface area contributed by atoms with Crippen molar-refractivity contribution in [3.63, 3.8) is 0 Å². The molecule has 1 aromatic heterocycles. The van der Waals surface area contributed by atoms with Crippen molar-refractivity contribution in [1.29, 1.82) is 0 Å². The number of para-hydroxylation sites is 1. The van der Waals surface area contributed by atoms with E-state index in [1.807, 2.05) is 48.5 Å². The molecule has 4 rings (SSSR count). The van der Waals surface area contributed by atoms with Crippen LogP contribution in [0.25, 0.3) is 22.0 Å². The average Bonchev–Trinajstić information content (AvgIpc) is 2.80. The highest BCUT2D eigenvalue weighted by molar-refractivity contribution is 5.94. The van der Waals surface area contributed by atoms with Gasteiger partial charge in [0, 0.05) is 11.6 Å². The predicted molar refractivity (Wildman–Crippen MR) is 122 cm³/mol. The lowest BCUT2D eigenvalue weighted by Gasteiger charge is -2.08. The van der Waals surface area contributed by atoms with Crippen LogP contribution in [0.3, 0.4) is 0 Å². The van der Waals surface area contributed by atoms with Gasteiger partial charge >= 0.3 is 5.97 Å². The predicted octanol–water partition coefficient (Wildman–Crippen LogP) is 6.85. The number of nitrogens with zero attached hydrogens (tertiary/aromatic N) is 1. The number of ether oxygens (including phenoxy) is 1. The second-order valence-electron chi connectivity index (χ2n) is 7.45. The van der Waals surface area contributed by atoms with E-state index in [9.17, 15) is 4.79 Å². The van der Waals surface area contributed by atoms with E-state index in [1.54, 1.807) is 12.3 Å². The van der Waals surface area contributed by atoms with Gasteiger partial charge < -0.3 is 4.74 Å². The number of aryl methyl sites for hydroxylation is 1. The third-order valence-electron chi connectivity index (χ3n) is 5.28. The Bertz CT molecular complexity index is 1130. The van der Waals surface area contributed by atoms with E-state index in [-0.39, 0.29) is 5.97 Å². The molecule has 0 atom stereocenters. The highest BCUT2D eigenvalue weighted by Crippen LogP contribution is 2.25. The number of benzene rings is 3. The number of pyridine rings is 1. The summed E-state index contributed by atoms with van der Waals surface area (Å²) in [6.45, 7) is 2.22. The van der Waals surface area contributed by atoms with Crippen LogP contribution >= 0.6 is 0 Å². The van der Waals surface area contributed by atoms with Crippen LogP contribution in [-0.4, -0.2) is 11.0 Å². The molecule has 3 nitrogen and oxygen atoms in total. The van der Waals surface area contributed by atoms with Crippen LogP contribution in [0.5, 0.6) is 5.75 Å². The van der Waals surface area contributed by atoms with Crippen LogP contribution in [0.1, 0.15) is 42.1 Å². The first-order chi connectivity index (χ1) is 14.7. The van der Waals surface area contributed by atoms with Gasteiger partial charge in [0.2, 0.25) is 0 Å². The molecule has 0 fully saturated rings. The average molecular weight is 396 g/mol. The largest absolute Gasteiger partial charge is 0.421 e. The zero-order chi connectivity index (χ0) is 20.8. The number of carbonyl (C=O) groups is 1. The van der Waals surface area contributed by atoms with E-state index < -0.39 is 0 Å². The fourth-order valence-electron chi connectivity index (χ4n) is 3.56. The second kappa shape index (κ2) is 9.36. The van der Waals surface area contributed by atoms with Gasteiger partial charge in [-0.25, -0.2) is 4.79 Å². The molecule has 0 saturated heterocycles. The lowest BCUT2D eigenvalue weighted by atomic mass is 10.0. The van der Waals surface area contributed by atoms with Gasteiger partial charge in [0.15, 0.2) is 5.75 Å². The number of hydrogen-bond donors (Lipinski definition) is 0. The molecule has 4 aromatic rings. The van der Waals surface area contributed by atoms with Gasteiger partial charge in [0.05, 0.1) is 5.56 Å². The molecule has 30 heavy (non-hydrogen) atoms. The zero-order valence-electron chi connectivity index (χ0n) is 17.2. The van der Waals surface area contributed by atoms with Gasteiger partial charge in [0.1, 0.15) is 5.52 Å². The fourth-order valence-corrected chi connectivity index (χ4v) is 3.56. The summed E-state index contributed by atoms with van der Waals surface area (Å²) in [5.74, 6) is 0.0896. The summed E-state index contributed by atoms with van der Waals surface area (Å²) >= 11 is 0. The van der Waals surface area contributed by atoms with E-state index in [1.165, 1.54) is 24.8 Å². The van der Waals surface area contributed by atoms with Crippen LogP contribution in [0.15, 0.2) is 85.1 Å². The van der Waals surface area contributed by atoms with Crippen molar-refractivity contribution >= 4 is 16.9 Å². The van der Waals surface area contributed by atoms with Crippen LogP contribution in [0.2, 0.25) is 0 Å². The molecule has 0 aliphatic rings. The Hall–Kier alpha value is -3.46. The summed E-state index contributed by atoms with van der Waals surface area (Å²) in [6.07, 6.45) is 6.57. The molecule has 0 bridgehead atoms. The smallest absolute Gasteiger partial charge is 0.343 e. The Balaban J connectivity index is 1.46. The second-order valence-corrected chi connectivity index (χ2v) is 7.45. The van der Waals surface area contributed by atoms with E-state index in [0.29, 0.717) is 16.8 Å². The molecule has 0 spiro atoms. The van der Waals surface area contributed by atoms with Gasteiger partial charge in [-0.05, 0) is 53.8 Å². The molecular formula is C27H25NO2. The van der Waals surface area contributed by atoms with Crippen molar-refractivity contribution in [2.75, 3.05) is 0 Å².